The van der Waals surface area contributed by atoms with Crippen molar-refractivity contribution in [2.45, 2.75) is 6.92 Å². The summed E-state index contributed by atoms with van der Waals surface area (Å²) in [5.74, 6) is -0.292. The summed E-state index contributed by atoms with van der Waals surface area (Å²) in [6.45, 7) is 1.73. The molecule has 0 fully saturated rings. The summed E-state index contributed by atoms with van der Waals surface area (Å²) in [7, 11) is 0. The van der Waals surface area contributed by atoms with Gasteiger partial charge in [0.2, 0.25) is 0 Å². The molecule has 0 N–H and O–H groups in total. The Hall–Kier alpha value is -3.18. The molecule has 1 aromatic heterocycles. The van der Waals surface area contributed by atoms with Gasteiger partial charge in [-0.2, -0.15) is 10.1 Å². The number of anilines is 1. The van der Waals surface area contributed by atoms with Crippen molar-refractivity contribution in [3.8, 4) is 0 Å². The van der Waals surface area contributed by atoms with Gasteiger partial charge in [0.25, 0.3) is 5.91 Å². The number of benzene rings is 2. The van der Waals surface area contributed by atoms with Crippen LogP contribution in [0.1, 0.15) is 12.5 Å². The van der Waals surface area contributed by atoms with Crippen molar-refractivity contribution in [1.82, 2.24) is 0 Å². The molecule has 2 aromatic carbocycles. The van der Waals surface area contributed by atoms with Crippen LogP contribution in [-0.4, -0.2) is 11.6 Å². The largest absolute Gasteiger partial charge is 0.463 e. The summed E-state index contributed by atoms with van der Waals surface area (Å²) in [5, 5.41) is 6.43. The molecular formula is C20H13ClN2O3. The molecule has 26 heavy (non-hydrogen) atoms. The van der Waals surface area contributed by atoms with Crippen molar-refractivity contribution in [2.24, 2.45) is 5.10 Å². The molecule has 1 aliphatic heterocycles. The third-order valence-corrected chi connectivity index (χ3v) is 4.36. The van der Waals surface area contributed by atoms with Gasteiger partial charge in [-0.25, -0.2) is 0 Å². The van der Waals surface area contributed by atoms with Gasteiger partial charge in [-0.3, -0.25) is 9.59 Å². The van der Waals surface area contributed by atoms with Crippen LogP contribution in [0.15, 0.2) is 74.7 Å². The minimum Gasteiger partial charge on any atom is -0.463 e. The summed E-state index contributed by atoms with van der Waals surface area (Å²) in [6.07, 6.45) is 2.85. The van der Waals surface area contributed by atoms with E-state index in [-0.39, 0.29) is 16.9 Å². The number of carbonyl (C=O) groups is 1. The van der Waals surface area contributed by atoms with Crippen molar-refractivity contribution in [1.29, 1.82) is 0 Å². The molecule has 0 atom stereocenters. The van der Waals surface area contributed by atoms with E-state index in [2.05, 4.69) is 5.10 Å². The fourth-order valence-corrected chi connectivity index (χ4v) is 2.97. The predicted octanol–water partition coefficient (Wildman–Crippen LogP) is 4.25. The molecule has 0 bridgehead atoms. The quantitative estimate of drug-likeness (QED) is 0.638. The van der Waals surface area contributed by atoms with E-state index in [1.165, 1.54) is 17.3 Å². The van der Waals surface area contributed by atoms with Crippen molar-refractivity contribution in [2.75, 3.05) is 5.01 Å². The Morgan fingerprint density at radius 2 is 1.88 bits per heavy atom. The van der Waals surface area contributed by atoms with Gasteiger partial charge in [0.15, 0.2) is 5.43 Å². The number of hydrazone groups is 1. The Morgan fingerprint density at radius 1 is 1.12 bits per heavy atom. The average Bonchev–Trinajstić information content (AvgIpc) is 2.93. The molecule has 6 heteroatoms. The minimum atomic E-state index is -0.292. The van der Waals surface area contributed by atoms with Crippen LogP contribution >= 0.6 is 11.6 Å². The van der Waals surface area contributed by atoms with E-state index in [1.54, 1.807) is 37.3 Å². The first-order valence-electron chi connectivity index (χ1n) is 7.92. The summed E-state index contributed by atoms with van der Waals surface area (Å²) in [4.78, 5) is 25.4. The lowest BCUT2D eigenvalue weighted by Gasteiger charge is -2.10. The molecule has 4 rings (SSSR count). The Bertz CT molecular complexity index is 1150. The zero-order valence-electron chi connectivity index (χ0n) is 13.8. The first-order chi connectivity index (χ1) is 12.5. The Balaban J connectivity index is 1.79. The van der Waals surface area contributed by atoms with E-state index in [0.717, 1.165) is 0 Å². The minimum absolute atomic E-state index is 0.250. The number of nitrogens with zero attached hydrogens (tertiary/aromatic N) is 2. The van der Waals surface area contributed by atoms with E-state index in [9.17, 15) is 9.59 Å². The molecule has 0 saturated carbocycles. The number of carbonyl (C=O) groups excluding carboxylic acids is 1. The number of hydrogen-bond acceptors (Lipinski definition) is 4. The fraction of sp³-hybridized carbons (Fsp3) is 0.0500. The van der Waals surface area contributed by atoms with Gasteiger partial charge < -0.3 is 4.42 Å². The molecule has 1 aliphatic rings. The van der Waals surface area contributed by atoms with Crippen LogP contribution in [0, 0.1) is 0 Å². The number of hydrogen-bond donors (Lipinski definition) is 0. The molecule has 3 aromatic rings. The second kappa shape index (κ2) is 6.28. The zero-order chi connectivity index (χ0) is 18.3. The highest BCUT2D eigenvalue weighted by atomic mass is 35.5. The van der Waals surface area contributed by atoms with Crippen LogP contribution in [-0.2, 0) is 4.79 Å². The molecule has 0 saturated heterocycles. The average molecular weight is 365 g/mol. The highest BCUT2D eigenvalue weighted by Gasteiger charge is 2.28. The van der Waals surface area contributed by atoms with Gasteiger partial charge in [0, 0.05) is 5.02 Å². The summed E-state index contributed by atoms with van der Waals surface area (Å²) >= 11 is 5.97. The van der Waals surface area contributed by atoms with Crippen LogP contribution in [0.25, 0.3) is 17.0 Å². The highest BCUT2D eigenvalue weighted by molar-refractivity contribution is 6.32. The molecule has 0 unspecified atom stereocenters. The zero-order valence-corrected chi connectivity index (χ0v) is 14.5. The summed E-state index contributed by atoms with van der Waals surface area (Å²) in [5.41, 5.74) is 2.01. The first kappa shape index (κ1) is 16.3. The second-order valence-electron chi connectivity index (χ2n) is 5.86. The van der Waals surface area contributed by atoms with E-state index in [1.807, 2.05) is 18.2 Å². The van der Waals surface area contributed by atoms with Gasteiger partial charge in [-0.1, -0.05) is 29.8 Å². The summed E-state index contributed by atoms with van der Waals surface area (Å²) in [6, 6.07) is 14.0. The standard InChI is InChI=1S/C20H13ClN2O3/c1-12-16(20(25)23(22-12)15-5-3-2-4-6-15)9-13-11-26-18-8-7-14(21)10-17(18)19(13)24/h2-11H,1H3/b16-9-. The fourth-order valence-electron chi connectivity index (χ4n) is 2.80. The Morgan fingerprint density at radius 3 is 2.65 bits per heavy atom. The topological polar surface area (TPSA) is 62.9 Å². The number of halogens is 1. The van der Waals surface area contributed by atoms with Crippen molar-refractivity contribution in [3.63, 3.8) is 0 Å². The van der Waals surface area contributed by atoms with E-state index in [4.69, 9.17) is 16.0 Å². The SMILES string of the molecule is CC1=NN(c2ccccc2)C(=O)/C1=C\c1coc2ccc(Cl)cc2c1=O. The number of para-hydroxylation sites is 1. The predicted molar refractivity (Wildman–Crippen MR) is 103 cm³/mol. The Labute approximate surface area is 153 Å². The van der Waals surface area contributed by atoms with Gasteiger partial charge in [-0.15, -0.1) is 0 Å². The number of amides is 1. The smallest absolute Gasteiger partial charge is 0.280 e. The molecule has 1 amide bonds. The lowest BCUT2D eigenvalue weighted by atomic mass is 10.1. The molecule has 128 valence electrons. The van der Waals surface area contributed by atoms with Gasteiger partial charge in [0.05, 0.1) is 27.9 Å². The maximum absolute atomic E-state index is 12.7. The van der Waals surface area contributed by atoms with E-state index < -0.39 is 0 Å². The molecule has 0 aliphatic carbocycles. The number of fused-ring (bicyclic) bond motifs is 1. The summed E-state index contributed by atoms with van der Waals surface area (Å²) < 4.78 is 5.50. The van der Waals surface area contributed by atoms with E-state index in [0.29, 0.717) is 33.0 Å². The van der Waals surface area contributed by atoms with Crippen LogP contribution in [0.3, 0.4) is 0 Å². The van der Waals surface area contributed by atoms with Crippen molar-refractivity contribution < 1.29 is 9.21 Å². The normalized spacial score (nSPS) is 15.8. The van der Waals surface area contributed by atoms with Crippen LogP contribution in [0.2, 0.25) is 5.02 Å². The molecule has 2 heterocycles. The molecular weight excluding hydrogens is 352 g/mol. The van der Waals surface area contributed by atoms with Gasteiger partial charge >= 0.3 is 0 Å². The van der Waals surface area contributed by atoms with Crippen LogP contribution < -0.4 is 10.4 Å². The number of rotatable bonds is 2. The molecule has 5 nitrogen and oxygen atoms in total. The van der Waals surface area contributed by atoms with Gasteiger partial charge in [-0.05, 0) is 43.3 Å². The lowest BCUT2D eigenvalue weighted by Crippen LogP contribution is -2.21. The van der Waals surface area contributed by atoms with E-state index >= 15 is 0 Å². The van der Waals surface area contributed by atoms with Crippen LogP contribution in [0.4, 0.5) is 5.69 Å². The van der Waals surface area contributed by atoms with Gasteiger partial charge in [0.1, 0.15) is 11.8 Å². The lowest BCUT2D eigenvalue weighted by molar-refractivity contribution is -0.114. The first-order valence-corrected chi connectivity index (χ1v) is 8.30. The highest BCUT2D eigenvalue weighted by Crippen LogP contribution is 2.25. The molecule has 0 radical (unpaired) electrons. The van der Waals surface area contributed by atoms with Crippen molar-refractivity contribution in [3.05, 3.63) is 81.2 Å². The second-order valence-corrected chi connectivity index (χ2v) is 6.29. The third-order valence-electron chi connectivity index (χ3n) is 4.12. The molecule has 0 spiro atoms. The Kier molecular flexibility index (Phi) is 3.93. The van der Waals surface area contributed by atoms with Crippen LogP contribution in [0.5, 0.6) is 0 Å². The monoisotopic (exact) mass is 364 g/mol. The maximum Gasteiger partial charge on any atom is 0.280 e. The van der Waals surface area contributed by atoms with Crippen molar-refractivity contribution >= 4 is 46.0 Å². The maximum atomic E-state index is 12.7. The third kappa shape index (κ3) is 2.72.